The van der Waals surface area contributed by atoms with Crippen LogP contribution in [0.15, 0.2) is 0 Å². The van der Waals surface area contributed by atoms with Crippen molar-refractivity contribution in [2.75, 3.05) is 0 Å². The Labute approximate surface area is 246 Å². The third-order valence-corrected chi connectivity index (χ3v) is 0. The molecule has 0 saturated heterocycles. The van der Waals surface area contributed by atoms with Crippen LogP contribution in [0.5, 0.6) is 0 Å². The van der Waals surface area contributed by atoms with Gasteiger partial charge < -0.3 is 0 Å². The van der Waals surface area contributed by atoms with Gasteiger partial charge in [0.1, 0.15) is 0 Å². The number of hydrogen-bond donors (Lipinski definition) is 0. The van der Waals surface area contributed by atoms with Crippen LogP contribution in [-0.2, 0) is 0 Å². The molecule has 0 atom stereocenters. The Morgan fingerprint density at radius 3 is 0.171 bits per heavy atom. The molecule has 0 aliphatic heterocycles. The van der Waals surface area contributed by atoms with Gasteiger partial charge in [0.05, 0.1) is 0 Å². The molecule has 0 amide bonds. The lowest BCUT2D eigenvalue weighted by Gasteiger charge is -1.48. The van der Waals surface area contributed by atoms with Crippen LogP contribution in [0.25, 0.3) is 0 Å². The zero-order chi connectivity index (χ0) is 24.7. The van der Waals surface area contributed by atoms with Gasteiger partial charge in [0, 0.05) is 0 Å². The molecule has 254 valence electrons. The molecule has 0 aromatic carbocycles. The van der Waals surface area contributed by atoms with E-state index in [0.717, 1.165) is 0 Å². The summed E-state index contributed by atoms with van der Waals surface area (Å²) < 4.78 is 0. The first-order valence-corrected chi connectivity index (χ1v) is 12.4. The average molecular weight is 535 g/mol. The van der Waals surface area contributed by atoms with Gasteiger partial charge in [0.2, 0.25) is 0 Å². The van der Waals surface area contributed by atoms with E-state index >= 15 is 0 Å². The Morgan fingerprint density at radius 1 is 0.171 bits per heavy atom. The third kappa shape index (κ3) is 0. The molecule has 0 heteroatoms. The summed E-state index contributed by atoms with van der Waals surface area (Å²) in [5.74, 6) is 0. The molecule has 0 unspecified atom stereocenters. The fourth-order valence-corrected chi connectivity index (χ4v) is 0. The quantitative estimate of drug-likeness (QED) is 0.290. The fraction of sp³-hybridized carbons (Fsp3) is 1.00. The van der Waals surface area contributed by atoms with Crippen molar-refractivity contribution >= 4 is 0 Å². The van der Waals surface area contributed by atoms with E-state index < -0.39 is 0 Å². The molecular formula is C35H114. The maximum atomic E-state index is 2.12. The second-order valence-corrected chi connectivity index (χ2v) is 0.707. The maximum absolute atomic E-state index is 2.12. The van der Waals surface area contributed by atoms with Crippen LogP contribution < -0.4 is 0 Å². The molecule has 0 saturated carbocycles. The van der Waals surface area contributed by atoms with Crippen molar-refractivity contribution in [3.05, 3.63) is 0 Å². The van der Waals surface area contributed by atoms with Crippen molar-refractivity contribution in [2.45, 2.75) is 247 Å². The molecular weight excluding hydrogens is 420 g/mol. The van der Waals surface area contributed by atoms with Crippen molar-refractivity contribution in [1.82, 2.24) is 0 Å². The van der Waals surface area contributed by atoms with Gasteiger partial charge in [-0.25, -0.2) is 0 Å². The molecule has 0 fully saturated rings. The summed E-state index contributed by atoms with van der Waals surface area (Å²) >= 11 is 0. The van der Waals surface area contributed by atoms with Crippen LogP contribution in [-0.4, -0.2) is 0 Å². The standard InChI is InChI=1S/C3H8.11C2H6.10CH4/c1-3-2;11*1-2;;;;;;;;;;/h3H2,1-2H3;11*1-2H3;10*1H4. The first-order chi connectivity index (χ1) is 12.4. The largest absolute Gasteiger partial charge is 0.0776 e. The topological polar surface area (TPSA) is 0 Å². The molecule has 0 N–H and O–H groups in total. The number of rotatable bonds is 0. The van der Waals surface area contributed by atoms with E-state index in [2.05, 4.69) is 13.8 Å². The smallest absolute Gasteiger partial charge is 0.0590 e. The predicted octanol–water partition coefficient (Wildman–Crippen LogP) is 19.1. The van der Waals surface area contributed by atoms with Crippen LogP contribution in [0.4, 0.5) is 0 Å². The van der Waals surface area contributed by atoms with E-state index in [1.807, 2.05) is 152 Å². The monoisotopic (exact) mass is 535 g/mol. The van der Waals surface area contributed by atoms with Crippen LogP contribution >= 0.6 is 0 Å². The fourth-order valence-electron chi connectivity index (χ4n) is 0. The summed E-state index contributed by atoms with van der Waals surface area (Å²) in [4.78, 5) is 0. The molecule has 0 heterocycles. The minimum atomic E-state index is 0. The Bertz CT molecular complexity index is 0. The van der Waals surface area contributed by atoms with E-state index in [1.54, 1.807) is 0 Å². The van der Waals surface area contributed by atoms with Crippen molar-refractivity contribution in [1.29, 1.82) is 0 Å². The van der Waals surface area contributed by atoms with Gasteiger partial charge >= 0.3 is 0 Å². The third-order valence-electron chi connectivity index (χ3n) is 0. The molecule has 0 aliphatic carbocycles. The molecule has 0 aromatic heterocycles. The van der Waals surface area contributed by atoms with Gasteiger partial charge in [-0.1, -0.05) is 247 Å². The zero-order valence-corrected chi connectivity index (χ0v) is 24.7. The van der Waals surface area contributed by atoms with Gasteiger partial charge in [-0.2, -0.15) is 0 Å². The summed E-state index contributed by atoms with van der Waals surface area (Å²) in [6.07, 6.45) is 1.25. The summed E-state index contributed by atoms with van der Waals surface area (Å²) in [7, 11) is 0. The summed E-state index contributed by atoms with van der Waals surface area (Å²) in [6.45, 7) is 48.2. The molecule has 0 aliphatic rings. The highest BCUT2D eigenvalue weighted by Crippen LogP contribution is 1.56. The molecule has 35 heavy (non-hydrogen) atoms. The highest BCUT2D eigenvalue weighted by Gasteiger charge is 1.35. The lowest BCUT2D eigenvalue weighted by atomic mass is 10.6. The summed E-state index contributed by atoms with van der Waals surface area (Å²) in [6, 6.07) is 0. The van der Waals surface area contributed by atoms with Gasteiger partial charge in [-0.15, -0.1) is 0 Å². The number of hydrogen-bond acceptors (Lipinski definition) is 0. The molecule has 0 aromatic rings. The second-order valence-electron chi connectivity index (χ2n) is 0.707. The predicted molar refractivity (Wildman–Crippen MR) is 208 cm³/mol. The van der Waals surface area contributed by atoms with Crippen molar-refractivity contribution in [3.8, 4) is 0 Å². The van der Waals surface area contributed by atoms with E-state index in [4.69, 9.17) is 0 Å². The molecule has 0 bridgehead atoms. The van der Waals surface area contributed by atoms with Crippen LogP contribution in [0, 0.1) is 0 Å². The summed E-state index contributed by atoms with van der Waals surface area (Å²) in [5.41, 5.74) is 0. The minimum Gasteiger partial charge on any atom is -0.0776 e. The van der Waals surface area contributed by atoms with Gasteiger partial charge in [0.15, 0.2) is 0 Å². The van der Waals surface area contributed by atoms with E-state index in [1.165, 1.54) is 6.42 Å². The molecule has 0 nitrogen and oxygen atoms in total. The molecule has 0 radical (unpaired) electrons. The SMILES string of the molecule is C.C.C.C.C.C.C.C.C.C.CC.CC.CC.CC.CC.CC.CC.CC.CC.CC.CC.CCC. The molecule has 0 rings (SSSR count). The Morgan fingerprint density at radius 2 is 0.171 bits per heavy atom. The normalized spacial score (nSPS) is 2.40. The maximum Gasteiger partial charge on any atom is -0.0590 e. The highest BCUT2D eigenvalue weighted by molar-refractivity contribution is 3.92. The van der Waals surface area contributed by atoms with E-state index in [9.17, 15) is 0 Å². The molecule has 0 spiro atoms. The average Bonchev–Trinajstić information content (AvgIpc) is 2.83. The Balaban J connectivity index is -0.00000000257. The van der Waals surface area contributed by atoms with Crippen LogP contribution in [0.2, 0.25) is 0 Å². The highest BCUT2D eigenvalue weighted by atomic mass is 13.4. The van der Waals surface area contributed by atoms with Gasteiger partial charge in [0.25, 0.3) is 0 Å². The first-order valence-electron chi connectivity index (χ1n) is 12.4. The van der Waals surface area contributed by atoms with E-state index in [-0.39, 0.29) is 74.3 Å². The Kier molecular flexibility index (Phi) is 253000. The van der Waals surface area contributed by atoms with E-state index in [0.29, 0.717) is 0 Å². The van der Waals surface area contributed by atoms with Crippen LogP contribution in [0.3, 0.4) is 0 Å². The summed E-state index contributed by atoms with van der Waals surface area (Å²) in [5, 5.41) is 0. The lowest BCUT2D eigenvalue weighted by molar-refractivity contribution is 1.09. The zero-order valence-electron chi connectivity index (χ0n) is 24.7. The van der Waals surface area contributed by atoms with Gasteiger partial charge in [-0.05, 0) is 0 Å². The first kappa shape index (κ1) is 239. The Hall–Kier alpha value is 0. The van der Waals surface area contributed by atoms with Crippen molar-refractivity contribution < 1.29 is 0 Å². The van der Waals surface area contributed by atoms with Crippen LogP contribution in [0.1, 0.15) is 247 Å². The van der Waals surface area contributed by atoms with Crippen molar-refractivity contribution in [3.63, 3.8) is 0 Å². The lowest BCUT2D eigenvalue weighted by Crippen LogP contribution is -1.27. The van der Waals surface area contributed by atoms with Crippen molar-refractivity contribution in [2.24, 2.45) is 0 Å². The minimum absolute atomic E-state index is 0. The second kappa shape index (κ2) is 37000. The van der Waals surface area contributed by atoms with Gasteiger partial charge in [-0.3, -0.25) is 0 Å².